The molecule has 0 unspecified atom stereocenters. The van der Waals surface area contributed by atoms with Crippen LogP contribution in [-0.2, 0) is 19.3 Å². The van der Waals surface area contributed by atoms with Crippen molar-refractivity contribution in [3.63, 3.8) is 0 Å². The molecule has 2 heterocycles. The molecule has 0 amide bonds. The highest BCUT2D eigenvalue weighted by Gasteiger charge is 2.16. The fraction of sp³-hybridized carbons (Fsp3) is 0.182. The lowest BCUT2D eigenvalue weighted by Gasteiger charge is -2.18. The Morgan fingerprint density at radius 2 is 1.27 bits per heavy atom. The smallest absolute Gasteiger partial charge is 0.101 e. The summed E-state index contributed by atoms with van der Waals surface area (Å²) < 4.78 is 0. The molecule has 3 rings (SSSR count). The van der Waals surface area contributed by atoms with Crippen LogP contribution in [0.15, 0.2) is 67.3 Å². The van der Waals surface area contributed by atoms with Crippen molar-refractivity contribution in [2.24, 2.45) is 5.92 Å². The maximum Gasteiger partial charge on any atom is 0.101 e. The van der Waals surface area contributed by atoms with E-state index in [-0.39, 0.29) is 5.92 Å². The van der Waals surface area contributed by atoms with Crippen molar-refractivity contribution in [2.45, 2.75) is 19.3 Å². The largest absolute Gasteiger partial charge is 0.263 e. The van der Waals surface area contributed by atoms with Gasteiger partial charge in [0.1, 0.15) is 12.1 Å². The van der Waals surface area contributed by atoms with Crippen LogP contribution in [0.25, 0.3) is 0 Å². The van der Waals surface area contributed by atoms with E-state index >= 15 is 0 Å². The average molecular weight is 338 g/mol. The minimum atomic E-state index is 0.265. The summed E-state index contributed by atoms with van der Waals surface area (Å²) in [6.45, 7) is 0. The Hall–Kier alpha value is -3.50. The lowest BCUT2D eigenvalue weighted by molar-refractivity contribution is 0.517. The van der Waals surface area contributed by atoms with E-state index in [9.17, 15) is 10.5 Å². The molecule has 1 aromatic carbocycles. The summed E-state index contributed by atoms with van der Waals surface area (Å²) >= 11 is 0. The molecule has 26 heavy (non-hydrogen) atoms. The van der Waals surface area contributed by atoms with Crippen LogP contribution in [0.1, 0.15) is 27.8 Å². The molecular formula is C22H18N4. The van der Waals surface area contributed by atoms with Crippen molar-refractivity contribution < 1.29 is 0 Å². The Morgan fingerprint density at radius 1 is 0.731 bits per heavy atom. The number of pyridine rings is 2. The summed E-state index contributed by atoms with van der Waals surface area (Å²) in [6.07, 6.45) is 9.07. The second kappa shape index (κ2) is 8.55. The van der Waals surface area contributed by atoms with Gasteiger partial charge in [0, 0.05) is 24.8 Å². The van der Waals surface area contributed by atoms with Gasteiger partial charge in [0.25, 0.3) is 0 Å². The Labute approximate surface area is 153 Å². The zero-order valence-corrected chi connectivity index (χ0v) is 14.3. The zero-order chi connectivity index (χ0) is 18.2. The van der Waals surface area contributed by atoms with E-state index in [1.54, 1.807) is 24.8 Å². The maximum absolute atomic E-state index is 9.35. The van der Waals surface area contributed by atoms with E-state index in [1.807, 2.05) is 30.3 Å². The molecule has 4 nitrogen and oxygen atoms in total. The van der Waals surface area contributed by atoms with Crippen molar-refractivity contribution in [1.82, 2.24) is 9.97 Å². The summed E-state index contributed by atoms with van der Waals surface area (Å²) in [5, 5.41) is 18.7. The molecule has 0 saturated carbocycles. The number of nitrogens with zero attached hydrogens (tertiary/aromatic N) is 4. The molecule has 2 aromatic heterocycles. The number of nitriles is 2. The number of rotatable bonds is 6. The Balaban J connectivity index is 1.89. The molecule has 126 valence electrons. The highest BCUT2D eigenvalue weighted by Crippen LogP contribution is 2.22. The highest BCUT2D eigenvalue weighted by atomic mass is 14.6. The van der Waals surface area contributed by atoms with Crippen molar-refractivity contribution >= 4 is 0 Å². The van der Waals surface area contributed by atoms with Crippen LogP contribution >= 0.6 is 0 Å². The van der Waals surface area contributed by atoms with Crippen LogP contribution in [0.5, 0.6) is 0 Å². The first-order chi connectivity index (χ1) is 12.8. The van der Waals surface area contributed by atoms with E-state index < -0.39 is 0 Å². The van der Waals surface area contributed by atoms with Gasteiger partial charge in [-0.05, 0) is 54.0 Å². The predicted molar refractivity (Wildman–Crippen MR) is 98.9 cm³/mol. The van der Waals surface area contributed by atoms with Crippen LogP contribution in [0.3, 0.4) is 0 Å². The van der Waals surface area contributed by atoms with Crippen molar-refractivity contribution in [1.29, 1.82) is 10.5 Å². The van der Waals surface area contributed by atoms with Crippen molar-refractivity contribution in [2.75, 3.05) is 0 Å². The van der Waals surface area contributed by atoms with Gasteiger partial charge in [-0.2, -0.15) is 10.5 Å². The molecule has 0 atom stereocenters. The molecule has 3 aromatic rings. The van der Waals surface area contributed by atoms with Crippen LogP contribution in [0.4, 0.5) is 0 Å². The quantitative estimate of drug-likeness (QED) is 0.684. The summed E-state index contributed by atoms with van der Waals surface area (Å²) in [4.78, 5) is 8.09. The average Bonchev–Trinajstić information content (AvgIpc) is 2.69. The second-order valence-electron chi connectivity index (χ2n) is 6.25. The van der Waals surface area contributed by atoms with E-state index in [1.165, 1.54) is 5.56 Å². The Morgan fingerprint density at radius 3 is 1.77 bits per heavy atom. The number of benzene rings is 1. The molecule has 0 bridgehead atoms. The highest BCUT2D eigenvalue weighted by molar-refractivity contribution is 5.37. The minimum Gasteiger partial charge on any atom is -0.263 e. The van der Waals surface area contributed by atoms with Gasteiger partial charge in [-0.1, -0.05) is 30.3 Å². The first kappa shape index (κ1) is 17.3. The van der Waals surface area contributed by atoms with Crippen molar-refractivity contribution in [3.8, 4) is 12.1 Å². The molecule has 0 radical (unpaired) electrons. The third-order valence-electron chi connectivity index (χ3n) is 4.45. The summed E-state index contributed by atoms with van der Waals surface area (Å²) in [7, 11) is 0. The normalized spacial score (nSPS) is 10.3. The molecule has 0 aliphatic carbocycles. The molecule has 0 aliphatic heterocycles. The summed E-state index contributed by atoms with van der Waals surface area (Å²) in [5.74, 6) is 0.265. The number of hydrogen-bond acceptors (Lipinski definition) is 4. The number of aromatic nitrogens is 2. The number of hydrogen-bond donors (Lipinski definition) is 0. The van der Waals surface area contributed by atoms with Crippen LogP contribution in [0.2, 0.25) is 0 Å². The van der Waals surface area contributed by atoms with Crippen molar-refractivity contribution in [3.05, 3.63) is 95.1 Å². The van der Waals surface area contributed by atoms with Gasteiger partial charge in [-0.3, -0.25) is 9.97 Å². The van der Waals surface area contributed by atoms with Crippen LogP contribution in [0, 0.1) is 28.6 Å². The maximum atomic E-state index is 9.35. The fourth-order valence-corrected chi connectivity index (χ4v) is 3.19. The minimum absolute atomic E-state index is 0.265. The van der Waals surface area contributed by atoms with E-state index in [4.69, 9.17) is 0 Å². The van der Waals surface area contributed by atoms with Gasteiger partial charge in [0.15, 0.2) is 0 Å². The predicted octanol–water partition coefficient (Wildman–Crippen LogP) is 3.86. The topological polar surface area (TPSA) is 73.4 Å². The fourth-order valence-electron chi connectivity index (χ4n) is 3.19. The van der Waals surface area contributed by atoms with Gasteiger partial charge in [-0.15, -0.1) is 0 Å². The summed E-state index contributed by atoms with van der Waals surface area (Å²) in [6, 6.07) is 18.6. The third kappa shape index (κ3) is 4.32. The lowest BCUT2D eigenvalue weighted by atomic mass is 9.86. The van der Waals surface area contributed by atoms with Gasteiger partial charge < -0.3 is 0 Å². The molecule has 0 saturated heterocycles. The molecule has 0 N–H and O–H groups in total. The zero-order valence-electron chi connectivity index (χ0n) is 14.3. The molecule has 0 spiro atoms. The Bertz CT molecular complexity index is 892. The van der Waals surface area contributed by atoms with Gasteiger partial charge in [0.05, 0.1) is 11.1 Å². The first-order valence-electron chi connectivity index (χ1n) is 8.50. The first-order valence-corrected chi connectivity index (χ1v) is 8.50. The SMILES string of the molecule is N#Cc1cnccc1CC(Cc1ccccc1)Cc1ccncc1C#N. The molecule has 0 fully saturated rings. The summed E-state index contributed by atoms with van der Waals surface area (Å²) in [5.41, 5.74) is 4.46. The Kier molecular flexibility index (Phi) is 5.70. The third-order valence-corrected chi connectivity index (χ3v) is 4.45. The molecule has 0 aliphatic rings. The van der Waals surface area contributed by atoms with Crippen LogP contribution in [-0.4, -0.2) is 9.97 Å². The lowest BCUT2D eigenvalue weighted by Crippen LogP contribution is -2.14. The van der Waals surface area contributed by atoms with E-state index in [2.05, 4.69) is 34.2 Å². The molecular weight excluding hydrogens is 320 g/mol. The van der Waals surface area contributed by atoms with Gasteiger partial charge >= 0.3 is 0 Å². The monoisotopic (exact) mass is 338 g/mol. The second-order valence-corrected chi connectivity index (χ2v) is 6.25. The van der Waals surface area contributed by atoms with E-state index in [0.29, 0.717) is 11.1 Å². The van der Waals surface area contributed by atoms with Gasteiger partial charge in [-0.25, -0.2) is 0 Å². The standard InChI is InChI=1S/C22H18N4/c23-13-21-15-25-8-6-19(21)11-18(10-17-4-2-1-3-5-17)12-20-7-9-26-16-22(20)14-24/h1-9,15-16,18H,10-12H2. The van der Waals surface area contributed by atoms with Gasteiger partial charge in [0.2, 0.25) is 0 Å². The van der Waals surface area contributed by atoms with E-state index in [0.717, 1.165) is 30.4 Å². The van der Waals surface area contributed by atoms with Crippen LogP contribution < -0.4 is 0 Å². The molecule has 4 heteroatoms.